The summed E-state index contributed by atoms with van der Waals surface area (Å²) in [5.74, 6) is 0.201. The molecule has 0 bridgehead atoms. The average molecular weight is 364 g/mol. The molecule has 0 saturated carbocycles. The Kier molecular flexibility index (Phi) is 5.76. The van der Waals surface area contributed by atoms with Crippen molar-refractivity contribution in [2.24, 2.45) is 0 Å². The fraction of sp³-hybridized carbons (Fsp3) is 0.895. The van der Waals surface area contributed by atoms with E-state index in [9.17, 15) is 9.59 Å². The van der Waals surface area contributed by atoms with Crippen molar-refractivity contribution in [3.05, 3.63) is 0 Å². The van der Waals surface area contributed by atoms with Gasteiger partial charge in [-0.2, -0.15) is 0 Å². The van der Waals surface area contributed by atoms with E-state index in [1.54, 1.807) is 0 Å². The lowest BCUT2D eigenvalue weighted by Crippen LogP contribution is -2.55. The topological polar surface area (TPSA) is 65.1 Å². The molecule has 0 aromatic heterocycles. The number of nitrogens with zero attached hydrogens (tertiary/aromatic N) is 3. The van der Waals surface area contributed by atoms with Crippen LogP contribution < -0.4 is 5.32 Å². The third-order valence-corrected chi connectivity index (χ3v) is 6.42. The number of amides is 2. The first-order chi connectivity index (χ1) is 12.7. The van der Waals surface area contributed by atoms with Gasteiger partial charge in [-0.05, 0) is 38.5 Å². The first-order valence-electron chi connectivity index (χ1n) is 10.4. The number of hydrogen-bond acceptors (Lipinski definition) is 5. The molecule has 0 aliphatic carbocycles. The normalized spacial score (nSPS) is 33.6. The van der Waals surface area contributed by atoms with Gasteiger partial charge < -0.3 is 19.9 Å². The molecule has 4 heterocycles. The second-order valence-electron chi connectivity index (χ2n) is 8.06. The second-order valence-corrected chi connectivity index (χ2v) is 8.06. The number of likely N-dealkylation sites (tertiary alicyclic amines) is 2. The Labute approximate surface area is 156 Å². The zero-order valence-corrected chi connectivity index (χ0v) is 15.7. The monoisotopic (exact) mass is 364 g/mol. The van der Waals surface area contributed by atoms with Crippen molar-refractivity contribution in [2.75, 3.05) is 52.4 Å². The van der Waals surface area contributed by atoms with Gasteiger partial charge in [-0.1, -0.05) is 0 Å². The minimum Gasteiger partial charge on any atom is -0.368 e. The molecule has 4 aliphatic heterocycles. The first-order valence-corrected chi connectivity index (χ1v) is 10.4. The highest BCUT2D eigenvalue weighted by molar-refractivity contribution is 5.90. The van der Waals surface area contributed by atoms with Crippen LogP contribution in [0.25, 0.3) is 0 Å². The predicted octanol–water partition coefficient (Wildman–Crippen LogP) is 0.0526. The summed E-state index contributed by atoms with van der Waals surface area (Å²) < 4.78 is 5.59. The van der Waals surface area contributed by atoms with E-state index in [2.05, 4.69) is 10.2 Å². The zero-order chi connectivity index (χ0) is 17.9. The molecule has 146 valence electrons. The largest absolute Gasteiger partial charge is 0.368 e. The number of carbonyl (C=O) groups excluding carboxylic acids is 2. The number of carbonyl (C=O) groups is 2. The summed E-state index contributed by atoms with van der Waals surface area (Å²) in [4.78, 5) is 32.4. The van der Waals surface area contributed by atoms with Crippen LogP contribution in [0.2, 0.25) is 0 Å². The molecule has 4 fully saturated rings. The Hall–Kier alpha value is -1.18. The molecule has 26 heavy (non-hydrogen) atoms. The number of ether oxygens (including phenoxy) is 1. The maximum atomic E-state index is 13.2. The van der Waals surface area contributed by atoms with Gasteiger partial charge in [0.05, 0.1) is 0 Å². The van der Waals surface area contributed by atoms with Gasteiger partial charge in [-0.15, -0.1) is 0 Å². The lowest BCUT2D eigenvalue weighted by atomic mass is 9.99. The van der Waals surface area contributed by atoms with Gasteiger partial charge >= 0.3 is 0 Å². The number of piperazine rings is 1. The SMILES string of the molecule is O=C(C1CCCCN1C(=O)C1CCCO1)N1CCC(N2CCNCC2)C1. The summed E-state index contributed by atoms with van der Waals surface area (Å²) in [6, 6.07) is 0.203. The van der Waals surface area contributed by atoms with Gasteiger partial charge in [0.2, 0.25) is 5.91 Å². The van der Waals surface area contributed by atoms with Gasteiger partial charge in [0.15, 0.2) is 0 Å². The van der Waals surface area contributed by atoms with Crippen molar-refractivity contribution >= 4 is 11.8 Å². The van der Waals surface area contributed by atoms with Crippen LogP contribution in [-0.2, 0) is 14.3 Å². The highest BCUT2D eigenvalue weighted by atomic mass is 16.5. The minimum absolute atomic E-state index is 0.0402. The van der Waals surface area contributed by atoms with E-state index in [1.807, 2.05) is 9.80 Å². The molecule has 7 heteroatoms. The summed E-state index contributed by atoms with van der Waals surface area (Å²) in [5.41, 5.74) is 0. The van der Waals surface area contributed by atoms with Crippen molar-refractivity contribution < 1.29 is 14.3 Å². The Morgan fingerprint density at radius 1 is 0.885 bits per heavy atom. The van der Waals surface area contributed by atoms with E-state index in [4.69, 9.17) is 4.74 Å². The van der Waals surface area contributed by atoms with E-state index in [1.165, 1.54) is 0 Å². The van der Waals surface area contributed by atoms with E-state index in [0.29, 0.717) is 19.2 Å². The number of rotatable bonds is 3. The fourth-order valence-corrected chi connectivity index (χ4v) is 4.91. The fourth-order valence-electron chi connectivity index (χ4n) is 4.91. The van der Waals surface area contributed by atoms with E-state index < -0.39 is 0 Å². The first kappa shape index (κ1) is 18.2. The van der Waals surface area contributed by atoms with E-state index >= 15 is 0 Å². The van der Waals surface area contributed by atoms with Crippen LogP contribution >= 0.6 is 0 Å². The summed E-state index contributed by atoms with van der Waals surface area (Å²) in [6.45, 7) is 7.22. The lowest BCUT2D eigenvalue weighted by molar-refractivity contribution is -0.153. The van der Waals surface area contributed by atoms with E-state index in [0.717, 1.165) is 77.8 Å². The molecule has 3 unspecified atom stereocenters. The van der Waals surface area contributed by atoms with Gasteiger partial charge in [0.1, 0.15) is 12.1 Å². The van der Waals surface area contributed by atoms with Gasteiger partial charge in [-0.3, -0.25) is 14.5 Å². The van der Waals surface area contributed by atoms with Gasteiger partial charge in [-0.25, -0.2) is 0 Å². The third-order valence-electron chi connectivity index (χ3n) is 6.42. The van der Waals surface area contributed by atoms with Crippen molar-refractivity contribution in [2.45, 2.75) is 56.7 Å². The van der Waals surface area contributed by atoms with Crippen LogP contribution in [0.3, 0.4) is 0 Å². The Morgan fingerprint density at radius 2 is 1.73 bits per heavy atom. The highest BCUT2D eigenvalue weighted by Gasteiger charge is 2.40. The summed E-state index contributed by atoms with van der Waals surface area (Å²) in [7, 11) is 0. The molecule has 4 rings (SSSR count). The molecule has 7 nitrogen and oxygen atoms in total. The smallest absolute Gasteiger partial charge is 0.252 e. The summed E-state index contributed by atoms with van der Waals surface area (Å²) >= 11 is 0. The zero-order valence-electron chi connectivity index (χ0n) is 15.7. The van der Waals surface area contributed by atoms with Gasteiger partial charge in [0.25, 0.3) is 5.91 Å². The number of nitrogens with one attached hydrogen (secondary N) is 1. The summed E-state index contributed by atoms with van der Waals surface area (Å²) in [5, 5.41) is 3.39. The van der Waals surface area contributed by atoms with Crippen molar-refractivity contribution in [3.63, 3.8) is 0 Å². The van der Waals surface area contributed by atoms with Crippen LogP contribution in [0, 0.1) is 0 Å². The molecular formula is C19H32N4O3. The van der Waals surface area contributed by atoms with E-state index in [-0.39, 0.29) is 24.0 Å². The van der Waals surface area contributed by atoms with Crippen molar-refractivity contribution in [1.82, 2.24) is 20.0 Å². The summed E-state index contributed by atoms with van der Waals surface area (Å²) in [6.07, 6.45) is 5.29. The molecule has 3 atom stereocenters. The molecule has 1 N–H and O–H groups in total. The number of piperidine rings is 1. The third kappa shape index (κ3) is 3.75. The molecule has 4 aliphatic rings. The Bertz CT molecular complexity index is 517. The maximum absolute atomic E-state index is 13.2. The molecule has 0 radical (unpaired) electrons. The molecule has 0 aromatic carbocycles. The Balaban J connectivity index is 1.38. The molecule has 0 spiro atoms. The maximum Gasteiger partial charge on any atom is 0.252 e. The average Bonchev–Trinajstić information content (AvgIpc) is 3.40. The number of hydrogen-bond donors (Lipinski definition) is 1. The Morgan fingerprint density at radius 3 is 2.50 bits per heavy atom. The standard InChI is InChI=1S/C19H32N4O3/c24-18(22-10-6-15(14-22)21-11-7-20-8-12-21)16-4-1-2-9-23(16)19(25)17-5-3-13-26-17/h15-17,20H,1-14H2. The molecule has 0 aromatic rings. The van der Waals surface area contributed by atoms with Gasteiger partial charge in [0, 0.05) is 58.5 Å². The molecule has 2 amide bonds. The van der Waals surface area contributed by atoms with Crippen LogP contribution in [0.15, 0.2) is 0 Å². The molecule has 4 saturated heterocycles. The molecular weight excluding hydrogens is 332 g/mol. The van der Waals surface area contributed by atoms with Crippen LogP contribution in [0.1, 0.15) is 38.5 Å². The van der Waals surface area contributed by atoms with Crippen LogP contribution in [-0.4, -0.2) is 97.1 Å². The lowest BCUT2D eigenvalue weighted by Gasteiger charge is -2.38. The van der Waals surface area contributed by atoms with Crippen molar-refractivity contribution in [3.8, 4) is 0 Å². The van der Waals surface area contributed by atoms with Crippen LogP contribution in [0.4, 0.5) is 0 Å². The predicted molar refractivity (Wildman–Crippen MR) is 97.8 cm³/mol. The second kappa shape index (κ2) is 8.23. The highest BCUT2D eigenvalue weighted by Crippen LogP contribution is 2.25. The minimum atomic E-state index is -0.324. The van der Waals surface area contributed by atoms with Crippen molar-refractivity contribution in [1.29, 1.82) is 0 Å². The van der Waals surface area contributed by atoms with Crippen LogP contribution in [0.5, 0.6) is 0 Å². The quantitative estimate of drug-likeness (QED) is 0.767.